The summed E-state index contributed by atoms with van der Waals surface area (Å²) in [5.74, 6) is -1.09. The highest BCUT2D eigenvalue weighted by Crippen LogP contribution is 2.09. The maximum atomic E-state index is 10.5. The Morgan fingerprint density at radius 2 is 2.08 bits per heavy atom. The number of hydrogen-bond acceptors (Lipinski definition) is 2. The molecule has 0 aromatic carbocycles. The van der Waals surface area contributed by atoms with Gasteiger partial charge in [0.1, 0.15) is 0 Å². The van der Waals surface area contributed by atoms with Crippen molar-refractivity contribution in [1.29, 1.82) is 0 Å². The SMILES string of the molecule is CCCCCC[C@@H](CN)C(=O)O. The van der Waals surface area contributed by atoms with Crippen LogP contribution < -0.4 is 5.73 Å². The third-order valence-electron chi connectivity index (χ3n) is 2.04. The van der Waals surface area contributed by atoms with Gasteiger partial charge in [-0.3, -0.25) is 4.79 Å². The minimum Gasteiger partial charge on any atom is -0.481 e. The fourth-order valence-corrected chi connectivity index (χ4v) is 1.16. The van der Waals surface area contributed by atoms with Crippen molar-refractivity contribution in [2.45, 2.75) is 39.0 Å². The second-order valence-corrected chi connectivity index (χ2v) is 3.12. The Balaban J connectivity index is 3.38. The van der Waals surface area contributed by atoms with Gasteiger partial charge in [-0.25, -0.2) is 0 Å². The average molecular weight is 173 g/mol. The van der Waals surface area contributed by atoms with Gasteiger partial charge in [-0.2, -0.15) is 0 Å². The molecule has 0 bridgehead atoms. The summed E-state index contributed by atoms with van der Waals surface area (Å²) < 4.78 is 0. The van der Waals surface area contributed by atoms with Gasteiger partial charge in [0.15, 0.2) is 0 Å². The van der Waals surface area contributed by atoms with Crippen LogP contribution in [0.2, 0.25) is 0 Å². The molecule has 0 radical (unpaired) electrons. The number of unbranched alkanes of at least 4 members (excludes halogenated alkanes) is 3. The summed E-state index contributed by atoms with van der Waals surface area (Å²) in [7, 11) is 0. The molecule has 0 aromatic rings. The molecule has 1 atom stereocenters. The van der Waals surface area contributed by atoms with Gasteiger partial charge in [0.05, 0.1) is 5.92 Å². The molecule has 0 aliphatic rings. The van der Waals surface area contributed by atoms with E-state index in [0.717, 1.165) is 19.3 Å². The van der Waals surface area contributed by atoms with E-state index in [1.165, 1.54) is 12.8 Å². The zero-order chi connectivity index (χ0) is 9.40. The summed E-state index contributed by atoms with van der Waals surface area (Å²) in [5.41, 5.74) is 5.31. The largest absolute Gasteiger partial charge is 0.481 e. The molecule has 0 heterocycles. The number of carboxylic acids is 1. The normalized spacial score (nSPS) is 12.8. The summed E-state index contributed by atoms with van der Waals surface area (Å²) in [6.07, 6.45) is 5.21. The van der Waals surface area contributed by atoms with Crippen LogP contribution in [-0.4, -0.2) is 17.6 Å². The molecule has 0 saturated heterocycles. The van der Waals surface area contributed by atoms with Crippen LogP contribution in [0.4, 0.5) is 0 Å². The van der Waals surface area contributed by atoms with Gasteiger partial charge in [0.25, 0.3) is 0 Å². The first-order chi connectivity index (χ1) is 5.72. The van der Waals surface area contributed by atoms with E-state index in [9.17, 15) is 4.79 Å². The molecule has 0 rings (SSSR count). The van der Waals surface area contributed by atoms with Crippen molar-refractivity contribution >= 4 is 5.97 Å². The molecule has 3 heteroatoms. The Hall–Kier alpha value is -0.570. The maximum Gasteiger partial charge on any atom is 0.307 e. The summed E-state index contributed by atoms with van der Waals surface area (Å²) in [6, 6.07) is 0. The van der Waals surface area contributed by atoms with Gasteiger partial charge in [-0.1, -0.05) is 32.6 Å². The molecule has 0 aliphatic carbocycles. The minimum absolute atomic E-state index is 0.265. The predicted molar refractivity (Wildman–Crippen MR) is 48.9 cm³/mol. The van der Waals surface area contributed by atoms with Crippen molar-refractivity contribution in [1.82, 2.24) is 0 Å². The second kappa shape index (κ2) is 7.10. The lowest BCUT2D eigenvalue weighted by Gasteiger charge is -2.08. The van der Waals surface area contributed by atoms with Gasteiger partial charge in [0, 0.05) is 6.54 Å². The number of nitrogens with two attached hydrogens (primary N) is 1. The fourth-order valence-electron chi connectivity index (χ4n) is 1.16. The third kappa shape index (κ3) is 5.13. The summed E-state index contributed by atoms with van der Waals surface area (Å²) in [4.78, 5) is 10.5. The standard InChI is InChI=1S/C9H19NO2/c1-2-3-4-5-6-8(7-10)9(11)12/h8H,2-7,10H2,1H3,(H,11,12)/t8-/m0/s1. The highest BCUT2D eigenvalue weighted by molar-refractivity contribution is 5.70. The van der Waals surface area contributed by atoms with Gasteiger partial charge >= 0.3 is 5.97 Å². The summed E-state index contributed by atoms with van der Waals surface area (Å²) >= 11 is 0. The Kier molecular flexibility index (Phi) is 6.76. The van der Waals surface area contributed by atoms with Gasteiger partial charge < -0.3 is 10.8 Å². The average Bonchev–Trinajstić information content (AvgIpc) is 2.04. The predicted octanol–water partition coefficient (Wildman–Crippen LogP) is 1.62. The molecule has 12 heavy (non-hydrogen) atoms. The molecule has 3 N–H and O–H groups in total. The third-order valence-corrected chi connectivity index (χ3v) is 2.04. The zero-order valence-electron chi connectivity index (χ0n) is 7.75. The Morgan fingerprint density at radius 3 is 2.50 bits per heavy atom. The highest BCUT2D eigenvalue weighted by Gasteiger charge is 2.13. The summed E-state index contributed by atoms with van der Waals surface area (Å²) in [5, 5.41) is 8.65. The van der Waals surface area contributed by atoms with E-state index < -0.39 is 5.97 Å². The van der Waals surface area contributed by atoms with Crippen molar-refractivity contribution in [2.75, 3.05) is 6.54 Å². The van der Waals surface area contributed by atoms with Gasteiger partial charge in [-0.05, 0) is 6.42 Å². The Bertz CT molecular complexity index is 126. The minimum atomic E-state index is -0.756. The molecule has 0 spiro atoms. The number of carbonyl (C=O) groups is 1. The molecular weight excluding hydrogens is 154 g/mol. The molecule has 0 fully saturated rings. The van der Waals surface area contributed by atoms with E-state index in [4.69, 9.17) is 10.8 Å². The lowest BCUT2D eigenvalue weighted by molar-refractivity contribution is -0.141. The van der Waals surface area contributed by atoms with Crippen LogP contribution >= 0.6 is 0 Å². The fraction of sp³-hybridized carbons (Fsp3) is 0.889. The number of aliphatic carboxylic acids is 1. The molecule has 0 unspecified atom stereocenters. The van der Waals surface area contributed by atoms with Crippen molar-refractivity contribution < 1.29 is 9.90 Å². The first kappa shape index (κ1) is 11.4. The lowest BCUT2D eigenvalue weighted by atomic mass is 10.0. The molecule has 0 aromatic heterocycles. The van der Waals surface area contributed by atoms with E-state index in [0.29, 0.717) is 0 Å². The van der Waals surface area contributed by atoms with Crippen LogP contribution in [0.5, 0.6) is 0 Å². The van der Waals surface area contributed by atoms with Crippen LogP contribution in [-0.2, 0) is 4.79 Å². The smallest absolute Gasteiger partial charge is 0.307 e. The van der Waals surface area contributed by atoms with Gasteiger partial charge in [0.2, 0.25) is 0 Å². The van der Waals surface area contributed by atoms with Crippen molar-refractivity contribution in [3.8, 4) is 0 Å². The van der Waals surface area contributed by atoms with E-state index in [2.05, 4.69) is 6.92 Å². The molecule has 0 amide bonds. The van der Waals surface area contributed by atoms with Crippen LogP contribution in [0.25, 0.3) is 0 Å². The van der Waals surface area contributed by atoms with Crippen molar-refractivity contribution in [3.63, 3.8) is 0 Å². The van der Waals surface area contributed by atoms with Gasteiger partial charge in [-0.15, -0.1) is 0 Å². The molecule has 0 saturated carbocycles. The van der Waals surface area contributed by atoms with Crippen LogP contribution in [0.15, 0.2) is 0 Å². The molecule has 72 valence electrons. The monoisotopic (exact) mass is 173 g/mol. The van der Waals surface area contributed by atoms with Crippen LogP contribution in [0.3, 0.4) is 0 Å². The highest BCUT2D eigenvalue weighted by atomic mass is 16.4. The maximum absolute atomic E-state index is 10.5. The number of carboxylic acid groups (broad SMARTS) is 1. The van der Waals surface area contributed by atoms with E-state index >= 15 is 0 Å². The zero-order valence-corrected chi connectivity index (χ0v) is 7.75. The van der Waals surface area contributed by atoms with E-state index in [1.54, 1.807) is 0 Å². The molecular formula is C9H19NO2. The molecule has 0 aliphatic heterocycles. The van der Waals surface area contributed by atoms with Crippen LogP contribution in [0, 0.1) is 5.92 Å². The van der Waals surface area contributed by atoms with Crippen molar-refractivity contribution in [3.05, 3.63) is 0 Å². The first-order valence-corrected chi connectivity index (χ1v) is 4.65. The Labute approximate surface area is 74.0 Å². The number of hydrogen-bond donors (Lipinski definition) is 2. The topological polar surface area (TPSA) is 63.3 Å². The van der Waals surface area contributed by atoms with Crippen LogP contribution in [0.1, 0.15) is 39.0 Å². The Morgan fingerprint density at radius 1 is 1.42 bits per heavy atom. The molecule has 3 nitrogen and oxygen atoms in total. The summed E-state index contributed by atoms with van der Waals surface area (Å²) in [6.45, 7) is 2.40. The number of rotatable bonds is 7. The van der Waals surface area contributed by atoms with E-state index in [1.807, 2.05) is 0 Å². The van der Waals surface area contributed by atoms with E-state index in [-0.39, 0.29) is 12.5 Å². The first-order valence-electron chi connectivity index (χ1n) is 4.65. The lowest BCUT2D eigenvalue weighted by Crippen LogP contribution is -2.23. The second-order valence-electron chi connectivity index (χ2n) is 3.12. The van der Waals surface area contributed by atoms with Crippen molar-refractivity contribution in [2.24, 2.45) is 11.7 Å². The quantitative estimate of drug-likeness (QED) is 0.575.